The Balaban J connectivity index is 1.56. The summed E-state index contributed by atoms with van der Waals surface area (Å²) in [6, 6.07) is 13.0. The number of ketones is 1. The predicted octanol–water partition coefficient (Wildman–Crippen LogP) is 4.42. The van der Waals surface area contributed by atoms with Crippen molar-refractivity contribution in [3.05, 3.63) is 58.7 Å². The van der Waals surface area contributed by atoms with Gasteiger partial charge in [0.05, 0.1) is 11.3 Å². The smallest absolute Gasteiger partial charge is 0.191 e. The quantitative estimate of drug-likeness (QED) is 0.355. The Bertz CT molecular complexity index is 1200. The molecule has 1 N–H and O–H groups in total. The number of thioether (sulfide) groups is 1. The highest BCUT2D eigenvalue weighted by Gasteiger charge is 2.18. The molecule has 6 nitrogen and oxygen atoms in total. The molecule has 142 valence electrons. The van der Waals surface area contributed by atoms with Crippen molar-refractivity contribution in [1.29, 1.82) is 0 Å². The van der Waals surface area contributed by atoms with Gasteiger partial charge >= 0.3 is 0 Å². The molecule has 0 amide bonds. The minimum atomic E-state index is 0.0386. The zero-order valence-electron chi connectivity index (χ0n) is 15.3. The highest BCUT2D eigenvalue weighted by Crippen LogP contribution is 2.32. The van der Waals surface area contributed by atoms with Crippen molar-refractivity contribution in [3.63, 3.8) is 0 Å². The van der Waals surface area contributed by atoms with Gasteiger partial charge < -0.3 is 14.2 Å². The molecule has 0 aliphatic rings. The number of Topliss-reactive ketones (excluding diaryl/α,β-unsaturated/α-hetero) is 1. The van der Waals surface area contributed by atoms with Crippen LogP contribution in [0.25, 0.3) is 22.3 Å². The lowest BCUT2D eigenvalue weighted by Crippen LogP contribution is -2.03. The van der Waals surface area contributed by atoms with Crippen LogP contribution in [-0.2, 0) is 14.1 Å². The molecule has 4 aromatic rings. The van der Waals surface area contributed by atoms with Crippen LogP contribution in [0.2, 0.25) is 0 Å². The van der Waals surface area contributed by atoms with E-state index in [1.807, 2.05) is 49.1 Å². The molecule has 0 radical (unpaired) electrons. The van der Waals surface area contributed by atoms with Gasteiger partial charge in [-0.2, -0.15) is 0 Å². The number of phenolic OH excluding ortho intramolecular Hbond substituents is 1. The summed E-state index contributed by atoms with van der Waals surface area (Å²) in [5.41, 5.74) is 2.32. The highest BCUT2D eigenvalue weighted by molar-refractivity contribution is 9.10. The number of aryl methyl sites for hydroxylation is 1. The number of fused-ring (bicyclic) bond motifs is 1. The summed E-state index contributed by atoms with van der Waals surface area (Å²) in [5, 5.41) is 20.1. The van der Waals surface area contributed by atoms with Gasteiger partial charge in [-0.15, -0.1) is 10.2 Å². The number of phenols is 1. The number of aromatic hydroxyl groups is 1. The van der Waals surface area contributed by atoms with Gasteiger partial charge in [-0.3, -0.25) is 4.79 Å². The molecule has 0 saturated carbocycles. The van der Waals surface area contributed by atoms with E-state index in [1.54, 1.807) is 22.8 Å². The Hall–Kier alpha value is -2.58. The van der Waals surface area contributed by atoms with E-state index in [9.17, 15) is 9.90 Å². The molecule has 0 saturated heterocycles. The van der Waals surface area contributed by atoms with E-state index in [0.29, 0.717) is 22.1 Å². The lowest BCUT2D eigenvalue weighted by atomic mass is 10.1. The van der Waals surface area contributed by atoms with Crippen molar-refractivity contribution in [2.75, 3.05) is 5.75 Å². The Morgan fingerprint density at radius 1 is 1.18 bits per heavy atom. The first-order chi connectivity index (χ1) is 13.5. The van der Waals surface area contributed by atoms with Crippen molar-refractivity contribution in [2.45, 2.75) is 5.16 Å². The molecule has 0 atom stereocenters. The SMILES string of the molecule is Cn1c(SCC(=O)c2cn(C)c3ccccc23)nnc1-c1cc(Br)ccc1O. The summed E-state index contributed by atoms with van der Waals surface area (Å²) >= 11 is 4.73. The number of aromatic nitrogens is 4. The number of nitrogens with zero attached hydrogens (tertiary/aromatic N) is 4. The van der Waals surface area contributed by atoms with Crippen molar-refractivity contribution < 1.29 is 9.90 Å². The third-order valence-corrected chi connectivity index (χ3v) is 6.08. The molecule has 2 aromatic heterocycles. The van der Waals surface area contributed by atoms with E-state index < -0.39 is 0 Å². The second kappa shape index (κ2) is 7.44. The van der Waals surface area contributed by atoms with Crippen molar-refractivity contribution >= 4 is 44.4 Å². The standard InChI is InChI=1S/C20H17BrN4O2S/c1-24-10-15(13-5-3-4-6-16(13)24)18(27)11-28-20-23-22-19(25(20)2)14-9-12(21)7-8-17(14)26/h3-10,26H,11H2,1-2H3. The van der Waals surface area contributed by atoms with Crippen LogP contribution in [0.1, 0.15) is 10.4 Å². The van der Waals surface area contributed by atoms with Crippen LogP contribution in [0.5, 0.6) is 5.75 Å². The van der Waals surface area contributed by atoms with Gasteiger partial charge in [-0.25, -0.2) is 0 Å². The van der Waals surface area contributed by atoms with E-state index >= 15 is 0 Å². The first-order valence-corrected chi connectivity index (χ1v) is 10.3. The lowest BCUT2D eigenvalue weighted by Gasteiger charge is -2.06. The maximum Gasteiger partial charge on any atom is 0.191 e. The van der Waals surface area contributed by atoms with Gasteiger partial charge in [0.25, 0.3) is 0 Å². The minimum Gasteiger partial charge on any atom is -0.507 e. The van der Waals surface area contributed by atoms with Gasteiger partial charge in [-0.1, -0.05) is 45.9 Å². The molecular weight excluding hydrogens is 440 g/mol. The molecule has 0 fully saturated rings. The predicted molar refractivity (Wildman–Crippen MR) is 114 cm³/mol. The molecule has 8 heteroatoms. The first kappa shape index (κ1) is 18.8. The van der Waals surface area contributed by atoms with E-state index in [2.05, 4.69) is 26.1 Å². The van der Waals surface area contributed by atoms with Crippen LogP contribution in [0.4, 0.5) is 0 Å². The van der Waals surface area contributed by atoms with Crippen LogP contribution in [-0.4, -0.2) is 36.0 Å². The van der Waals surface area contributed by atoms with Crippen LogP contribution < -0.4 is 0 Å². The van der Waals surface area contributed by atoms with Gasteiger partial charge in [0.2, 0.25) is 0 Å². The maximum atomic E-state index is 12.8. The number of hydrogen-bond donors (Lipinski definition) is 1. The number of benzene rings is 2. The normalized spacial score (nSPS) is 11.2. The van der Waals surface area contributed by atoms with Gasteiger partial charge in [0.15, 0.2) is 16.8 Å². The fraction of sp³-hybridized carbons (Fsp3) is 0.150. The Morgan fingerprint density at radius 3 is 2.79 bits per heavy atom. The minimum absolute atomic E-state index is 0.0386. The number of para-hydroxylation sites is 1. The second-order valence-electron chi connectivity index (χ2n) is 6.41. The van der Waals surface area contributed by atoms with Gasteiger partial charge in [0, 0.05) is 41.2 Å². The van der Waals surface area contributed by atoms with Crippen LogP contribution in [0.3, 0.4) is 0 Å². The Labute approximate surface area is 174 Å². The fourth-order valence-corrected chi connectivity index (χ4v) is 4.29. The topological polar surface area (TPSA) is 72.9 Å². The molecule has 0 spiro atoms. The number of rotatable bonds is 5. The molecule has 0 aliphatic heterocycles. The first-order valence-electron chi connectivity index (χ1n) is 8.54. The molecule has 0 unspecified atom stereocenters. The number of hydrogen-bond acceptors (Lipinski definition) is 5. The third-order valence-electron chi connectivity index (χ3n) is 4.56. The Morgan fingerprint density at radius 2 is 1.96 bits per heavy atom. The molecule has 0 aliphatic carbocycles. The van der Waals surface area contributed by atoms with Crippen molar-refractivity contribution in [1.82, 2.24) is 19.3 Å². The zero-order chi connectivity index (χ0) is 19.8. The second-order valence-corrected chi connectivity index (χ2v) is 8.27. The largest absolute Gasteiger partial charge is 0.507 e. The average Bonchev–Trinajstić information content (AvgIpc) is 3.22. The summed E-state index contributed by atoms with van der Waals surface area (Å²) in [6.45, 7) is 0. The number of carbonyl (C=O) groups excluding carboxylic acids is 1. The molecule has 0 bridgehead atoms. The fourth-order valence-electron chi connectivity index (χ4n) is 3.13. The van der Waals surface area contributed by atoms with Gasteiger partial charge in [-0.05, 0) is 24.3 Å². The average molecular weight is 457 g/mol. The van der Waals surface area contributed by atoms with E-state index in [4.69, 9.17) is 0 Å². The summed E-state index contributed by atoms with van der Waals surface area (Å²) in [7, 11) is 3.76. The summed E-state index contributed by atoms with van der Waals surface area (Å²) in [5.74, 6) is 0.961. The van der Waals surface area contributed by atoms with Crippen LogP contribution in [0, 0.1) is 0 Å². The van der Waals surface area contributed by atoms with E-state index in [0.717, 1.165) is 15.4 Å². The molecule has 2 aromatic carbocycles. The maximum absolute atomic E-state index is 12.8. The number of carbonyl (C=O) groups is 1. The summed E-state index contributed by atoms with van der Waals surface area (Å²) < 4.78 is 4.58. The monoisotopic (exact) mass is 456 g/mol. The summed E-state index contributed by atoms with van der Waals surface area (Å²) in [4.78, 5) is 12.8. The van der Waals surface area contributed by atoms with Crippen LogP contribution >= 0.6 is 27.7 Å². The Kier molecular flexibility index (Phi) is 4.99. The van der Waals surface area contributed by atoms with E-state index in [1.165, 1.54) is 11.8 Å². The zero-order valence-corrected chi connectivity index (χ0v) is 17.7. The summed E-state index contributed by atoms with van der Waals surface area (Å²) in [6.07, 6.45) is 1.87. The molecule has 4 rings (SSSR count). The molecule has 28 heavy (non-hydrogen) atoms. The molecule has 2 heterocycles. The van der Waals surface area contributed by atoms with Gasteiger partial charge in [0.1, 0.15) is 5.75 Å². The van der Waals surface area contributed by atoms with Crippen molar-refractivity contribution in [2.24, 2.45) is 14.1 Å². The third kappa shape index (κ3) is 3.33. The number of halogens is 1. The molecular formula is C20H17BrN4O2S. The van der Waals surface area contributed by atoms with Crippen LogP contribution in [0.15, 0.2) is 58.3 Å². The lowest BCUT2D eigenvalue weighted by molar-refractivity contribution is 0.102. The van der Waals surface area contributed by atoms with Crippen molar-refractivity contribution in [3.8, 4) is 17.1 Å². The van der Waals surface area contributed by atoms with E-state index in [-0.39, 0.29) is 17.3 Å². The highest BCUT2D eigenvalue weighted by atomic mass is 79.9.